The molecule has 2 heterocycles. The minimum Gasteiger partial charge on any atom is -0.493 e. The third-order valence-electron chi connectivity index (χ3n) is 6.24. The van der Waals surface area contributed by atoms with Crippen molar-refractivity contribution >= 4 is 0 Å². The van der Waals surface area contributed by atoms with Crippen LogP contribution in [0.1, 0.15) is 22.3 Å². The van der Waals surface area contributed by atoms with Crippen molar-refractivity contribution in [2.24, 2.45) is 0 Å². The standard InChI is InChI=1S/C26H34N2O4/c1-18(16-31-25-12-21-14-27(2)8-6-19(21)10-23(25)29-4)17-32-26-13-22-15-28(3)9-7-20(22)11-24(26)30-5/h10-13H,1,6-9,14-17H2,2-5H3. The first-order chi connectivity index (χ1) is 15.5. The van der Waals surface area contributed by atoms with Crippen LogP contribution in [0.2, 0.25) is 0 Å². The van der Waals surface area contributed by atoms with Gasteiger partial charge in [0, 0.05) is 26.2 Å². The van der Waals surface area contributed by atoms with E-state index in [2.05, 4.69) is 54.7 Å². The number of nitrogens with zero attached hydrogens (tertiary/aromatic N) is 2. The Balaban J connectivity index is 1.39. The van der Waals surface area contributed by atoms with Crippen LogP contribution >= 0.6 is 0 Å². The van der Waals surface area contributed by atoms with Gasteiger partial charge in [0.2, 0.25) is 0 Å². The van der Waals surface area contributed by atoms with E-state index in [1.165, 1.54) is 22.3 Å². The smallest absolute Gasteiger partial charge is 0.161 e. The van der Waals surface area contributed by atoms with Crippen LogP contribution in [0, 0.1) is 0 Å². The van der Waals surface area contributed by atoms with Crippen molar-refractivity contribution in [3.63, 3.8) is 0 Å². The number of ether oxygens (including phenoxy) is 4. The van der Waals surface area contributed by atoms with E-state index in [0.717, 1.165) is 67.6 Å². The van der Waals surface area contributed by atoms with Crippen molar-refractivity contribution < 1.29 is 18.9 Å². The molecule has 32 heavy (non-hydrogen) atoms. The second-order valence-electron chi connectivity index (χ2n) is 8.85. The normalized spacial score (nSPS) is 16.1. The first kappa shape index (κ1) is 22.5. The van der Waals surface area contributed by atoms with Crippen molar-refractivity contribution in [1.29, 1.82) is 0 Å². The van der Waals surface area contributed by atoms with E-state index in [0.29, 0.717) is 13.2 Å². The molecule has 0 unspecified atom stereocenters. The van der Waals surface area contributed by atoms with Crippen molar-refractivity contribution in [3.8, 4) is 23.0 Å². The van der Waals surface area contributed by atoms with Crippen LogP contribution in [-0.4, -0.2) is 64.4 Å². The van der Waals surface area contributed by atoms with Crippen molar-refractivity contribution in [2.45, 2.75) is 25.9 Å². The van der Waals surface area contributed by atoms with Gasteiger partial charge in [-0.25, -0.2) is 0 Å². The SMILES string of the molecule is C=C(COc1cc2c(cc1OC)CCN(C)C2)COc1cc2c(cc1OC)CCN(C)C2. The summed E-state index contributed by atoms with van der Waals surface area (Å²) in [7, 11) is 7.64. The molecule has 6 nitrogen and oxygen atoms in total. The quantitative estimate of drug-likeness (QED) is 0.586. The Morgan fingerprint density at radius 3 is 1.53 bits per heavy atom. The number of hydrogen-bond acceptors (Lipinski definition) is 6. The predicted molar refractivity (Wildman–Crippen MR) is 126 cm³/mol. The minimum absolute atomic E-state index is 0.362. The van der Waals surface area contributed by atoms with Crippen LogP contribution in [-0.2, 0) is 25.9 Å². The number of benzene rings is 2. The maximum Gasteiger partial charge on any atom is 0.161 e. The average molecular weight is 439 g/mol. The van der Waals surface area contributed by atoms with Gasteiger partial charge in [-0.05, 0) is 79.0 Å². The van der Waals surface area contributed by atoms with E-state index in [1.807, 2.05) is 0 Å². The predicted octanol–water partition coefficient (Wildman–Crippen LogP) is 3.69. The lowest BCUT2D eigenvalue weighted by Crippen LogP contribution is -2.26. The maximum atomic E-state index is 6.08. The van der Waals surface area contributed by atoms with Crippen molar-refractivity contribution in [2.75, 3.05) is 54.6 Å². The summed E-state index contributed by atoms with van der Waals surface area (Å²) in [5.74, 6) is 3.03. The van der Waals surface area contributed by atoms with Crippen LogP contribution in [0.5, 0.6) is 23.0 Å². The molecule has 0 bridgehead atoms. The van der Waals surface area contributed by atoms with E-state index in [4.69, 9.17) is 18.9 Å². The lowest BCUT2D eigenvalue weighted by molar-refractivity contribution is 0.275. The first-order valence-electron chi connectivity index (χ1n) is 11.2. The third-order valence-corrected chi connectivity index (χ3v) is 6.24. The van der Waals surface area contributed by atoms with Gasteiger partial charge in [0.05, 0.1) is 14.2 Å². The Hall–Kier alpha value is -2.70. The third kappa shape index (κ3) is 5.03. The highest BCUT2D eigenvalue weighted by Crippen LogP contribution is 2.35. The highest BCUT2D eigenvalue weighted by Gasteiger charge is 2.19. The highest BCUT2D eigenvalue weighted by molar-refractivity contribution is 5.49. The van der Waals surface area contributed by atoms with E-state index in [9.17, 15) is 0 Å². The number of hydrogen-bond donors (Lipinski definition) is 0. The fourth-order valence-electron chi connectivity index (χ4n) is 4.36. The molecule has 0 aliphatic carbocycles. The van der Waals surface area contributed by atoms with E-state index in [1.54, 1.807) is 14.2 Å². The number of likely N-dealkylation sites (N-methyl/N-ethyl adjacent to an activating group) is 2. The van der Waals surface area contributed by atoms with E-state index in [-0.39, 0.29) is 0 Å². The zero-order valence-corrected chi connectivity index (χ0v) is 19.7. The molecule has 0 spiro atoms. The van der Waals surface area contributed by atoms with Gasteiger partial charge in [0.15, 0.2) is 23.0 Å². The maximum absolute atomic E-state index is 6.08. The molecule has 2 aliphatic rings. The zero-order chi connectivity index (χ0) is 22.7. The Labute approximate surface area is 191 Å². The summed E-state index contributed by atoms with van der Waals surface area (Å²) < 4.78 is 23.3. The van der Waals surface area contributed by atoms with Crippen LogP contribution in [0.15, 0.2) is 36.4 Å². The molecule has 0 saturated carbocycles. The topological polar surface area (TPSA) is 43.4 Å². The molecular formula is C26H34N2O4. The number of methoxy groups -OCH3 is 2. The summed E-state index contributed by atoms with van der Waals surface area (Å²) >= 11 is 0. The molecule has 0 fully saturated rings. The lowest BCUT2D eigenvalue weighted by atomic mass is 9.99. The molecule has 0 amide bonds. The van der Waals surface area contributed by atoms with Crippen molar-refractivity contribution in [1.82, 2.24) is 9.80 Å². The second-order valence-corrected chi connectivity index (χ2v) is 8.85. The average Bonchev–Trinajstić information content (AvgIpc) is 2.79. The van der Waals surface area contributed by atoms with Crippen LogP contribution in [0.25, 0.3) is 0 Å². The van der Waals surface area contributed by atoms with Gasteiger partial charge < -0.3 is 28.7 Å². The molecule has 0 N–H and O–H groups in total. The fraction of sp³-hybridized carbons (Fsp3) is 0.462. The Bertz CT molecular complexity index is 911. The molecule has 0 radical (unpaired) electrons. The molecule has 6 heteroatoms. The molecule has 2 aromatic rings. The van der Waals surface area contributed by atoms with Crippen LogP contribution < -0.4 is 18.9 Å². The molecule has 4 rings (SSSR count). The molecule has 2 aliphatic heterocycles. The van der Waals surface area contributed by atoms with Gasteiger partial charge in [0.1, 0.15) is 13.2 Å². The van der Waals surface area contributed by atoms with Gasteiger partial charge in [-0.3, -0.25) is 0 Å². The molecular weight excluding hydrogens is 404 g/mol. The summed E-state index contributed by atoms with van der Waals surface area (Å²) in [5.41, 5.74) is 6.10. The van der Waals surface area contributed by atoms with Crippen molar-refractivity contribution in [3.05, 3.63) is 58.7 Å². The monoisotopic (exact) mass is 438 g/mol. The highest BCUT2D eigenvalue weighted by atomic mass is 16.5. The van der Waals surface area contributed by atoms with E-state index < -0.39 is 0 Å². The minimum atomic E-state index is 0.362. The van der Waals surface area contributed by atoms with Crippen LogP contribution in [0.4, 0.5) is 0 Å². The summed E-state index contributed by atoms with van der Waals surface area (Å²) in [4.78, 5) is 4.63. The first-order valence-corrected chi connectivity index (χ1v) is 11.2. The van der Waals surface area contributed by atoms with Crippen LogP contribution in [0.3, 0.4) is 0 Å². The molecule has 172 valence electrons. The summed E-state index contributed by atoms with van der Waals surface area (Å²) in [6.45, 7) is 8.84. The Morgan fingerprint density at radius 1 is 0.719 bits per heavy atom. The van der Waals surface area contributed by atoms with Gasteiger partial charge in [-0.2, -0.15) is 0 Å². The fourth-order valence-corrected chi connectivity index (χ4v) is 4.36. The molecule has 2 aromatic carbocycles. The molecule has 0 atom stereocenters. The van der Waals surface area contributed by atoms with Gasteiger partial charge in [0.25, 0.3) is 0 Å². The zero-order valence-electron chi connectivity index (χ0n) is 19.7. The van der Waals surface area contributed by atoms with Gasteiger partial charge in [-0.15, -0.1) is 0 Å². The van der Waals surface area contributed by atoms with E-state index >= 15 is 0 Å². The lowest BCUT2D eigenvalue weighted by Gasteiger charge is -2.26. The van der Waals surface area contributed by atoms with Gasteiger partial charge in [-0.1, -0.05) is 6.58 Å². The summed E-state index contributed by atoms with van der Waals surface area (Å²) in [6, 6.07) is 8.40. The summed E-state index contributed by atoms with van der Waals surface area (Å²) in [6.07, 6.45) is 2.06. The number of fused-ring (bicyclic) bond motifs is 2. The summed E-state index contributed by atoms with van der Waals surface area (Å²) in [5, 5.41) is 0. The largest absolute Gasteiger partial charge is 0.493 e. The second kappa shape index (κ2) is 9.84. The molecule has 0 saturated heterocycles. The number of rotatable bonds is 8. The van der Waals surface area contributed by atoms with Gasteiger partial charge >= 0.3 is 0 Å². The Kier molecular flexibility index (Phi) is 6.92. The molecule has 0 aromatic heterocycles. The Morgan fingerprint density at radius 2 is 1.12 bits per heavy atom.